The van der Waals surface area contributed by atoms with Gasteiger partial charge in [0.2, 0.25) is 5.16 Å². The van der Waals surface area contributed by atoms with Crippen LogP contribution in [0.3, 0.4) is 0 Å². The number of fused-ring (bicyclic) bond motifs is 1. The van der Waals surface area contributed by atoms with Gasteiger partial charge in [-0.15, -0.1) is 5.10 Å². The summed E-state index contributed by atoms with van der Waals surface area (Å²) in [4.78, 5) is 9.45. The summed E-state index contributed by atoms with van der Waals surface area (Å²) >= 11 is 1.51. The molecular weight excluding hydrogens is 246 g/mol. The van der Waals surface area contributed by atoms with E-state index in [1.54, 1.807) is 12.4 Å². The number of nitrogens with zero attached hydrogens (tertiary/aromatic N) is 3. The summed E-state index contributed by atoms with van der Waals surface area (Å²) in [6, 6.07) is 5.81. The third-order valence-corrected chi connectivity index (χ3v) is 3.53. The molecule has 0 fully saturated rings. The number of anilines is 1. The van der Waals surface area contributed by atoms with Gasteiger partial charge in [-0.1, -0.05) is 0 Å². The third kappa shape index (κ3) is 1.91. The SMILES string of the molecule is Cc1nc(Sc2ccc(N)c3cnccc23)n[nH]1. The molecule has 18 heavy (non-hydrogen) atoms. The largest absolute Gasteiger partial charge is 0.398 e. The standard InChI is InChI=1S/C12H11N5S/c1-7-15-12(17-16-7)18-11-3-2-10(13)9-6-14-5-4-8(9)11/h2-6H,13H2,1H3,(H,15,16,17). The molecule has 3 aromatic rings. The summed E-state index contributed by atoms with van der Waals surface area (Å²) in [6.07, 6.45) is 3.53. The highest BCUT2D eigenvalue weighted by Crippen LogP contribution is 2.33. The molecule has 0 aliphatic carbocycles. The highest BCUT2D eigenvalue weighted by molar-refractivity contribution is 7.99. The quantitative estimate of drug-likeness (QED) is 0.689. The van der Waals surface area contributed by atoms with Crippen LogP contribution in [-0.2, 0) is 0 Å². The number of hydrogen-bond donors (Lipinski definition) is 2. The first-order valence-electron chi connectivity index (χ1n) is 5.43. The van der Waals surface area contributed by atoms with Crippen molar-refractivity contribution >= 4 is 28.2 Å². The summed E-state index contributed by atoms with van der Waals surface area (Å²) in [7, 11) is 0. The topological polar surface area (TPSA) is 80.5 Å². The Hall–Kier alpha value is -2.08. The fourth-order valence-electron chi connectivity index (χ4n) is 1.74. The van der Waals surface area contributed by atoms with E-state index in [4.69, 9.17) is 5.73 Å². The maximum atomic E-state index is 5.94. The van der Waals surface area contributed by atoms with Crippen molar-refractivity contribution in [2.75, 3.05) is 5.73 Å². The Labute approximate surface area is 108 Å². The maximum absolute atomic E-state index is 5.94. The molecule has 5 nitrogen and oxygen atoms in total. The summed E-state index contributed by atoms with van der Waals surface area (Å²) in [5.74, 6) is 0.805. The molecule has 0 saturated heterocycles. The average Bonchev–Trinajstić information content (AvgIpc) is 2.79. The Morgan fingerprint density at radius 2 is 2.11 bits per heavy atom. The molecule has 0 radical (unpaired) electrons. The molecule has 0 atom stereocenters. The number of aryl methyl sites for hydroxylation is 1. The van der Waals surface area contributed by atoms with Gasteiger partial charge < -0.3 is 5.73 Å². The zero-order valence-corrected chi connectivity index (χ0v) is 10.5. The molecule has 3 N–H and O–H groups in total. The van der Waals surface area contributed by atoms with Crippen molar-refractivity contribution < 1.29 is 0 Å². The van der Waals surface area contributed by atoms with Crippen LogP contribution in [0.2, 0.25) is 0 Å². The van der Waals surface area contributed by atoms with E-state index in [9.17, 15) is 0 Å². The monoisotopic (exact) mass is 257 g/mol. The van der Waals surface area contributed by atoms with Crippen molar-refractivity contribution in [3.8, 4) is 0 Å². The van der Waals surface area contributed by atoms with Crippen molar-refractivity contribution in [2.45, 2.75) is 17.0 Å². The number of benzene rings is 1. The number of pyridine rings is 1. The molecule has 0 unspecified atom stereocenters. The first-order valence-corrected chi connectivity index (χ1v) is 6.25. The van der Waals surface area contributed by atoms with Crippen molar-refractivity contribution in [2.24, 2.45) is 0 Å². The second kappa shape index (κ2) is 4.30. The minimum absolute atomic E-state index is 0.704. The normalized spacial score (nSPS) is 10.9. The summed E-state index contributed by atoms with van der Waals surface area (Å²) in [5, 5.41) is 9.67. The zero-order valence-electron chi connectivity index (χ0n) is 9.71. The molecule has 0 amide bonds. The molecule has 0 spiro atoms. The van der Waals surface area contributed by atoms with Gasteiger partial charge in [0.25, 0.3) is 0 Å². The number of nitrogens with two attached hydrogens (primary N) is 1. The molecule has 3 rings (SSSR count). The van der Waals surface area contributed by atoms with E-state index in [1.807, 2.05) is 25.1 Å². The van der Waals surface area contributed by atoms with Gasteiger partial charge >= 0.3 is 0 Å². The number of hydrogen-bond acceptors (Lipinski definition) is 5. The molecule has 90 valence electrons. The predicted octanol–water partition coefficient (Wildman–Crippen LogP) is 2.39. The van der Waals surface area contributed by atoms with Crippen LogP contribution in [0.4, 0.5) is 5.69 Å². The zero-order chi connectivity index (χ0) is 12.5. The highest BCUT2D eigenvalue weighted by atomic mass is 32.2. The lowest BCUT2D eigenvalue weighted by atomic mass is 10.1. The van der Waals surface area contributed by atoms with Crippen LogP contribution in [-0.4, -0.2) is 20.2 Å². The lowest BCUT2D eigenvalue weighted by Crippen LogP contribution is -1.89. The highest BCUT2D eigenvalue weighted by Gasteiger charge is 2.08. The molecule has 2 aromatic heterocycles. The number of H-pyrrole nitrogens is 1. The van der Waals surface area contributed by atoms with Gasteiger partial charge in [0.1, 0.15) is 5.82 Å². The lowest BCUT2D eigenvalue weighted by molar-refractivity contribution is 0.970. The van der Waals surface area contributed by atoms with E-state index in [0.29, 0.717) is 5.16 Å². The van der Waals surface area contributed by atoms with Gasteiger partial charge in [-0.25, -0.2) is 4.98 Å². The van der Waals surface area contributed by atoms with E-state index >= 15 is 0 Å². The summed E-state index contributed by atoms with van der Waals surface area (Å²) < 4.78 is 0. The molecule has 6 heteroatoms. The number of rotatable bonds is 2. The Balaban J connectivity index is 2.09. The minimum atomic E-state index is 0.704. The summed E-state index contributed by atoms with van der Waals surface area (Å²) in [6.45, 7) is 1.88. The van der Waals surface area contributed by atoms with Gasteiger partial charge in [0, 0.05) is 33.7 Å². The summed E-state index contributed by atoms with van der Waals surface area (Å²) in [5.41, 5.74) is 6.67. The van der Waals surface area contributed by atoms with Gasteiger partial charge in [-0.3, -0.25) is 10.1 Å². The van der Waals surface area contributed by atoms with Crippen molar-refractivity contribution in [3.05, 3.63) is 36.4 Å². The molecular formula is C12H11N5S. The van der Waals surface area contributed by atoms with Crippen LogP contribution >= 0.6 is 11.8 Å². The van der Waals surface area contributed by atoms with Crippen LogP contribution in [0.5, 0.6) is 0 Å². The fraction of sp³-hybridized carbons (Fsp3) is 0.0833. The van der Waals surface area contributed by atoms with E-state index < -0.39 is 0 Å². The number of nitrogen functional groups attached to an aromatic ring is 1. The molecule has 0 saturated carbocycles. The van der Waals surface area contributed by atoms with Gasteiger partial charge in [0.05, 0.1) is 0 Å². The number of nitrogens with one attached hydrogen (secondary N) is 1. The second-order valence-electron chi connectivity index (χ2n) is 3.88. The van der Waals surface area contributed by atoms with Crippen LogP contribution in [0.1, 0.15) is 5.82 Å². The van der Waals surface area contributed by atoms with Crippen molar-refractivity contribution in [1.82, 2.24) is 20.2 Å². The Kier molecular flexibility index (Phi) is 2.64. The fourth-order valence-corrected chi connectivity index (χ4v) is 2.63. The van der Waals surface area contributed by atoms with E-state index in [-0.39, 0.29) is 0 Å². The molecule has 2 heterocycles. The predicted molar refractivity (Wildman–Crippen MR) is 71.4 cm³/mol. The van der Waals surface area contributed by atoms with Gasteiger partial charge in [0.15, 0.2) is 0 Å². The molecule has 0 bridgehead atoms. The van der Waals surface area contributed by atoms with E-state index in [0.717, 1.165) is 27.2 Å². The minimum Gasteiger partial charge on any atom is -0.398 e. The Morgan fingerprint density at radius 1 is 1.22 bits per heavy atom. The smallest absolute Gasteiger partial charge is 0.213 e. The Bertz CT molecular complexity index is 707. The van der Waals surface area contributed by atoms with Gasteiger partial charge in [-0.05, 0) is 36.9 Å². The van der Waals surface area contributed by atoms with E-state index in [1.165, 1.54) is 11.8 Å². The van der Waals surface area contributed by atoms with Gasteiger partial charge in [-0.2, -0.15) is 0 Å². The Morgan fingerprint density at radius 3 is 2.89 bits per heavy atom. The van der Waals surface area contributed by atoms with E-state index in [2.05, 4.69) is 20.2 Å². The third-order valence-electron chi connectivity index (χ3n) is 2.59. The average molecular weight is 257 g/mol. The van der Waals surface area contributed by atoms with Crippen LogP contribution in [0.15, 0.2) is 40.6 Å². The molecule has 1 aromatic carbocycles. The maximum Gasteiger partial charge on any atom is 0.213 e. The van der Waals surface area contributed by atoms with Crippen LogP contribution in [0.25, 0.3) is 10.8 Å². The van der Waals surface area contributed by atoms with Crippen molar-refractivity contribution in [3.63, 3.8) is 0 Å². The lowest BCUT2D eigenvalue weighted by Gasteiger charge is -2.05. The first-order chi connectivity index (χ1) is 8.74. The van der Waals surface area contributed by atoms with Crippen LogP contribution < -0.4 is 5.73 Å². The second-order valence-corrected chi connectivity index (χ2v) is 4.89. The molecule has 0 aliphatic heterocycles. The van der Waals surface area contributed by atoms with Crippen molar-refractivity contribution in [1.29, 1.82) is 0 Å². The number of aromatic nitrogens is 4. The molecule has 0 aliphatic rings. The first kappa shape index (κ1) is 11.0. The number of aromatic amines is 1. The van der Waals surface area contributed by atoms with Crippen LogP contribution in [0, 0.1) is 6.92 Å².